The van der Waals surface area contributed by atoms with Gasteiger partial charge in [0.15, 0.2) is 15.0 Å². The van der Waals surface area contributed by atoms with Gasteiger partial charge in [-0.3, -0.25) is 10.1 Å². The standard InChI is InChI=1S/C20H17N3O3S3/c1-12(2)29(25,26)14-9-7-13(8-10-14)18(24)23-20-22-16(11-27-20)19-21-15-5-3-4-6-17(15)28-19/h3-12H,1-2H3,(H,22,23,24). The Kier molecular flexibility index (Phi) is 5.20. The lowest BCUT2D eigenvalue weighted by Crippen LogP contribution is -2.15. The number of amides is 1. The first-order valence-corrected chi connectivity index (χ1v) is 12.1. The summed E-state index contributed by atoms with van der Waals surface area (Å²) in [5, 5.41) is 5.36. The van der Waals surface area contributed by atoms with Crippen molar-refractivity contribution in [2.45, 2.75) is 24.0 Å². The highest BCUT2D eigenvalue weighted by atomic mass is 32.2. The van der Waals surface area contributed by atoms with E-state index in [1.165, 1.54) is 35.6 Å². The van der Waals surface area contributed by atoms with E-state index in [9.17, 15) is 13.2 Å². The van der Waals surface area contributed by atoms with E-state index in [0.717, 1.165) is 15.2 Å². The number of para-hydroxylation sites is 1. The first-order valence-electron chi connectivity index (χ1n) is 8.81. The highest BCUT2D eigenvalue weighted by Gasteiger charge is 2.19. The molecule has 9 heteroatoms. The van der Waals surface area contributed by atoms with Crippen molar-refractivity contribution in [2.75, 3.05) is 5.32 Å². The van der Waals surface area contributed by atoms with Crippen molar-refractivity contribution in [1.82, 2.24) is 9.97 Å². The minimum atomic E-state index is -3.36. The molecule has 0 saturated carbocycles. The first-order chi connectivity index (χ1) is 13.8. The van der Waals surface area contributed by atoms with Crippen molar-refractivity contribution in [1.29, 1.82) is 0 Å². The lowest BCUT2D eigenvalue weighted by atomic mass is 10.2. The lowest BCUT2D eigenvalue weighted by Gasteiger charge is -2.08. The number of nitrogens with one attached hydrogen (secondary N) is 1. The van der Waals surface area contributed by atoms with Gasteiger partial charge in [-0.1, -0.05) is 12.1 Å². The first kappa shape index (κ1) is 19.7. The van der Waals surface area contributed by atoms with Gasteiger partial charge in [0.1, 0.15) is 10.7 Å². The molecule has 0 saturated heterocycles. The summed E-state index contributed by atoms with van der Waals surface area (Å²) in [4.78, 5) is 21.7. The number of sulfone groups is 1. The van der Waals surface area contributed by atoms with E-state index >= 15 is 0 Å². The van der Waals surface area contributed by atoms with Crippen molar-refractivity contribution >= 4 is 53.8 Å². The molecule has 4 rings (SSSR count). The van der Waals surface area contributed by atoms with Gasteiger partial charge in [-0.25, -0.2) is 18.4 Å². The molecule has 1 N–H and O–H groups in total. The number of carbonyl (C=O) groups excluding carboxylic acids is 1. The number of thiazole rings is 2. The van der Waals surface area contributed by atoms with Crippen LogP contribution < -0.4 is 5.32 Å². The Balaban J connectivity index is 1.50. The predicted molar refractivity (Wildman–Crippen MR) is 117 cm³/mol. The van der Waals surface area contributed by atoms with Crippen LogP contribution in [0.15, 0.2) is 58.8 Å². The quantitative estimate of drug-likeness (QED) is 0.476. The minimum absolute atomic E-state index is 0.205. The Bertz CT molecular complexity index is 1260. The van der Waals surface area contributed by atoms with Crippen LogP contribution in [0.25, 0.3) is 20.9 Å². The molecule has 0 spiro atoms. The van der Waals surface area contributed by atoms with Gasteiger partial charge in [-0.05, 0) is 50.2 Å². The van der Waals surface area contributed by atoms with Gasteiger partial charge in [0.25, 0.3) is 5.91 Å². The summed E-state index contributed by atoms with van der Waals surface area (Å²) in [5.74, 6) is -0.344. The lowest BCUT2D eigenvalue weighted by molar-refractivity contribution is 0.102. The molecule has 2 aromatic heterocycles. The van der Waals surface area contributed by atoms with Crippen LogP contribution in [-0.2, 0) is 9.84 Å². The van der Waals surface area contributed by atoms with Gasteiger partial charge < -0.3 is 0 Å². The number of aromatic nitrogens is 2. The molecule has 0 aliphatic rings. The average Bonchev–Trinajstić information content (AvgIpc) is 3.34. The minimum Gasteiger partial charge on any atom is -0.298 e. The second-order valence-electron chi connectivity index (χ2n) is 6.60. The van der Waals surface area contributed by atoms with Gasteiger partial charge >= 0.3 is 0 Å². The molecule has 2 aromatic carbocycles. The third-order valence-electron chi connectivity index (χ3n) is 4.30. The topological polar surface area (TPSA) is 89.0 Å². The van der Waals surface area contributed by atoms with E-state index in [1.54, 1.807) is 25.2 Å². The van der Waals surface area contributed by atoms with Crippen molar-refractivity contribution in [3.05, 3.63) is 59.5 Å². The Morgan fingerprint density at radius 1 is 1.03 bits per heavy atom. The van der Waals surface area contributed by atoms with Gasteiger partial charge in [-0.2, -0.15) is 0 Å². The molecule has 0 radical (unpaired) electrons. The molecule has 29 heavy (non-hydrogen) atoms. The van der Waals surface area contributed by atoms with Crippen LogP contribution in [0.3, 0.4) is 0 Å². The van der Waals surface area contributed by atoms with Crippen molar-refractivity contribution in [2.24, 2.45) is 0 Å². The van der Waals surface area contributed by atoms with Crippen LogP contribution >= 0.6 is 22.7 Å². The second kappa shape index (κ2) is 7.66. The van der Waals surface area contributed by atoms with E-state index < -0.39 is 15.1 Å². The monoisotopic (exact) mass is 443 g/mol. The molecule has 1 amide bonds. The molecule has 4 aromatic rings. The fourth-order valence-electron chi connectivity index (χ4n) is 2.65. The number of rotatable bonds is 5. The van der Waals surface area contributed by atoms with Crippen LogP contribution in [0.4, 0.5) is 5.13 Å². The summed E-state index contributed by atoms with van der Waals surface area (Å²) in [5.41, 5.74) is 2.00. The second-order valence-corrected chi connectivity index (χ2v) is 11.0. The zero-order valence-electron chi connectivity index (χ0n) is 15.6. The normalized spacial score (nSPS) is 11.8. The van der Waals surface area contributed by atoms with Crippen LogP contribution in [0, 0.1) is 0 Å². The van der Waals surface area contributed by atoms with Gasteiger partial charge in [-0.15, -0.1) is 22.7 Å². The van der Waals surface area contributed by atoms with Crippen molar-refractivity contribution < 1.29 is 13.2 Å². The molecule has 0 atom stereocenters. The molecule has 0 unspecified atom stereocenters. The number of nitrogens with zero attached hydrogens (tertiary/aromatic N) is 2. The van der Waals surface area contributed by atoms with Crippen LogP contribution in [0.1, 0.15) is 24.2 Å². The number of hydrogen-bond acceptors (Lipinski definition) is 7. The molecule has 0 aliphatic carbocycles. The van der Waals surface area contributed by atoms with Gasteiger partial charge in [0, 0.05) is 10.9 Å². The fourth-order valence-corrected chi connectivity index (χ4v) is 5.40. The maximum absolute atomic E-state index is 12.5. The van der Waals surface area contributed by atoms with Crippen LogP contribution in [0.2, 0.25) is 0 Å². The largest absolute Gasteiger partial charge is 0.298 e. The average molecular weight is 444 g/mol. The van der Waals surface area contributed by atoms with E-state index in [2.05, 4.69) is 15.3 Å². The molecule has 0 aliphatic heterocycles. The summed E-state index contributed by atoms with van der Waals surface area (Å²) in [6.07, 6.45) is 0. The fraction of sp³-hybridized carbons (Fsp3) is 0.150. The van der Waals surface area contributed by atoms with E-state index in [4.69, 9.17) is 0 Å². The maximum Gasteiger partial charge on any atom is 0.257 e. The van der Waals surface area contributed by atoms with E-state index in [1.807, 2.05) is 29.6 Å². The van der Waals surface area contributed by atoms with Gasteiger partial charge in [0.05, 0.1) is 20.4 Å². The van der Waals surface area contributed by atoms with E-state index in [0.29, 0.717) is 16.4 Å². The van der Waals surface area contributed by atoms with Crippen molar-refractivity contribution in [3.8, 4) is 10.7 Å². The number of carbonyl (C=O) groups is 1. The summed E-state index contributed by atoms with van der Waals surface area (Å²) in [7, 11) is -3.36. The Morgan fingerprint density at radius 3 is 2.45 bits per heavy atom. The smallest absolute Gasteiger partial charge is 0.257 e. The van der Waals surface area contributed by atoms with Crippen LogP contribution in [-0.4, -0.2) is 29.5 Å². The number of anilines is 1. The molecule has 0 bridgehead atoms. The summed E-state index contributed by atoms with van der Waals surface area (Å²) in [6.45, 7) is 3.25. The maximum atomic E-state index is 12.5. The van der Waals surface area contributed by atoms with Crippen molar-refractivity contribution in [3.63, 3.8) is 0 Å². The molecular weight excluding hydrogens is 426 g/mol. The summed E-state index contributed by atoms with van der Waals surface area (Å²) >= 11 is 2.86. The molecule has 0 fully saturated rings. The number of benzene rings is 2. The Morgan fingerprint density at radius 2 is 1.76 bits per heavy atom. The Labute approximate surface area is 176 Å². The highest BCUT2D eigenvalue weighted by molar-refractivity contribution is 7.92. The SMILES string of the molecule is CC(C)S(=O)(=O)c1ccc(C(=O)Nc2nc(-c3nc4ccccc4s3)cs2)cc1. The zero-order valence-corrected chi connectivity index (χ0v) is 18.1. The summed E-state index contributed by atoms with van der Waals surface area (Å²) < 4.78 is 25.5. The van der Waals surface area contributed by atoms with Crippen LogP contribution in [0.5, 0.6) is 0 Å². The molecule has 2 heterocycles. The highest BCUT2D eigenvalue weighted by Crippen LogP contribution is 2.32. The molecule has 148 valence electrons. The van der Waals surface area contributed by atoms with Gasteiger partial charge in [0.2, 0.25) is 0 Å². The predicted octanol–water partition coefficient (Wildman–Crippen LogP) is 4.85. The third kappa shape index (κ3) is 3.93. The van der Waals surface area contributed by atoms with E-state index in [-0.39, 0.29) is 10.8 Å². The molecule has 6 nitrogen and oxygen atoms in total. The number of hydrogen-bond donors (Lipinski definition) is 1. The molecular formula is C20H17N3O3S3. The zero-order chi connectivity index (χ0) is 20.6. The summed E-state index contributed by atoms with van der Waals surface area (Å²) in [6, 6.07) is 13.8. The Hall–Kier alpha value is -2.62. The number of fused-ring (bicyclic) bond motifs is 1. The third-order valence-corrected chi connectivity index (χ3v) is 8.29.